The Hall–Kier alpha value is -2.59. The summed E-state index contributed by atoms with van der Waals surface area (Å²) < 4.78 is 19.9. The number of rotatable bonds is 5. The highest BCUT2D eigenvalue weighted by Gasteiger charge is 2.43. The van der Waals surface area contributed by atoms with Gasteiger partial charge in [0.05, 0.1) is 29.4 Å². The van der Waals surface area contributed by atoms with Crippen molar-refractivity contribution < 1.29 is 9.30 Å². The molecule has 1 fully saturated rings. The summed E-state index contributed by atoms with van der Waals surface area (Å²) in [6.07, 6.45) is 2.96. The molecule has 1 N–H and O–H groups in total. The van der Waals surface area contributed by atoms with Crippen LogP contribution in [0.15, 0.2) is 42.6 Å². The van der Waals surface area contributed by atoms with E-state index in [0.29, 0.717) is 18.4 Å². The van der Waals surface area contributed by atoms with E-state index in [-0.39, 0.29) is 0 Å². The Morgan fingerprint density at radius 3 is 2.89 bits per heavy atom. The predicted octanol–water partition coefficient (Wildman–Crippen LogP) is 4.13. The molecule has 0 aliphatic heterocycles. The van der Waals surface area contributed by atoms with Crippen LogP contribution in [0.2, 0.25) is 0 Å². The predicted molar refractivity (Wildman–Crippen MR) is 112 cm³/mol. The Bertz CT molecular complexity index is 1240. The van der Waals surface area contributed by atoms with Gasteiger partial charge in [-0.2, -0.15) is 5.10 Å². The number of ether oxygens (including phenoxy) is 1. The van der Waals surface area contributed by atoms with Crippen molar-refractivity contribution in [3.63, 3.8) is 0 Å². The van der Waals surface area contributed by atoms with Crippen molar-refractivity contribution in [3.8, 4) is 5.75 Å². The van der Waals surface area contributed by atoms with E-state index in [4.69, 9.17) is 4.74 Å². The minimum atomic E-state index is -2.26. The van der Waals surface area contributed by atoms with E-state index >= 15 is 0 Å². The smallest absolute Gasteiger partial charge is 0.178 e. The van der Waals surface area contributed by atoms with Crippen molar-refractivity contribution in [1.29, 1.82) is 0 Å². The number of aromatic nitrogens is 4. The Balaban J connectivity index is 1.51. The van der Waals surface area contributed by atoms with E-state index in [1.165, 1.54) is 5.56 Å². The van der Waals surface area contributed by atoms with Crippen LogP contribution in [-0.2, 0) is 4.57 Å². The number of nitrogens with one attached hydrogen (secondary N) is 1. The standard InChI is InChI=1S/C21H23N4O2P/c1-4-27-14-8-9-18-19-20(22-23-21(19)24-25(18)12-14)17-11-16(17)13-6-5-7-15(10-13)28(2,3)26/h5-10,12,16-17H,4,11H2,1-3H3,(H,23,24). The van der Waals surface area contributed by atoms with E-state index in [1.807, 2.05) is 55.2 Å². The van der Waals surface area contributed by atoms with E-state index in [9.17, 15) is 4.57 Å². The summed E-state index contributed by atoms with van der Waals surface area (Å²) in [7, 11) is -2.26. The summed E-state index contributed by atoms with van der Waals surface area (Å²) in [6.45, 7) is 6.24. The minimum absolute atomic E-state index is 0.358. The van der Waals surface area contributed by atoms with Gasteiger partial charge in [0.15, 0.2) is 5.65 Å². The Labute approximate surface area is 163 Å². The quantitative estimate of drug-likeness (QED) is 0.517. The molecule has 3 aromatic heterocycles. The maximum absolute atomic E-state index is 12.4. The van der Waals surface area contributed by atoms with Crippen LogP contribution in [0.5, 0.6) is 5.75 Å². The molecule has 0 saturated heterocycles. The van der Waals surface area contributed by atoms with Gasteiger partial charge < -0.3 is 9.30 Å². The summed E-state index contributed by atoms with van der Waals surface area (Å²) in [5, 5.41) is 14.3. The van der Waals surface area contributed by atoms with Crippen molar-refractivity contribution in [2.45, 2.75) is 25.2 Å². The first-order valence-electron chi connectivity index (χ1n) is 9.60. The number of nitrogens with zero attached hydrogens (tertiary/aromatic N) is 3. The van der Waals surface area contributed by atoms with Crippen molar-refractivity contribution in [1.82, 2.24) is 19.8 Å². The molecule has 1 saturated carbocycles. The topological polar surface area (TPSA) is 72.3 Å². The molecule has 1 aromatic carbocycles. The second kappa shape index (κ2) is 6.21. The summed E-state index contributed by atoms with van der Waals surface area (Å²) in [5.74, 6) is 1.58. The number of hydrogen-bond acceptors (Lipinski definition) is 4. The number of aromatic amines is 1. The maximum atomic E-state index is 12.4. The lowest BCUT2D eigenvalue weighted by molar-refractivity contribution is 0.338. The number of pyridine rings is 1. The van der Waals surface area contributed by atoms with E-state index in [2.05, 4.69) is 27.4 Å². The highest BCUT2D eigenvalue weighted by molar-refractivity contribution is 7.70. The molecule has 1 aliphatic rings. The first kappa shape index (κ1) is 17.5. The van der Waals surface area contributed by atoms with Gasteiger partial charge in [0.2, 0.25) is 0 Å². The van der Waals surface area contributed by atoms with Crippen LogP contribution < -0.4 is 10.0 Å². The molecule has 2 atom stereocenters. The lowest BCUT2D eigenvalue weighted by Gasteiger charge is -2.09. The number of fused-ring (bicyclic) bond motifs is 3. The third kappa shape index (κ3) is 2.83. The van der Waals surface area contributed by atoms with Crippen LogP contribution >= 0.6 is 7.14 Å². The number of benzene rings is 1. The fraction of sp³-hybridized carbons (Fsp3) is 0.333. The van der Waals surface area contributed by atoms with Crippen LogP contribution in [0.4, 0.5) is 0 Å². The van der Waals surface area contributed by atoms with Gasteiger partial charge in [-0.15, -0.1) is 5.10 Å². The fourth-order valence-electron chi connectivity index (χ4n) is 4.01. The molecule has 3 heterocycles. The second-order valence-corrected chi connectivity index (χ2v) is 11.1. The molecule has 144 valence electrons. The first-order chi connectivity index (χ1) is 13.5. The Morgan fingerprint density at radius 1 is 1.25 bits per heavy atom. The highest BCUT2D eigenvalue weighted by Crippen LogP contribution is 2.56. The molecule has 28 heavy (non-hydrogen) atoms. The highest BCUT2D eigenvalue weighted by atomic mass is 31.2. The molecule has 2 unspecified atom stereocenters. The zero-order valence-electron chi connectivity index (χ0n) is 16.2. The van der Waals surface area contributed by atoms with Gasteiger partial charge >= 0.3 is 0 Å². The van der Waals surface area contributed by atoms with Gasteiger partial charge in [-0.25, -0.2) is 4.52 Å². The van der Waals surface area contributed by atoms with Gasteiger partial charge in [0.1, 0.15) is 12.9 Å². The summed E-state index contributed by atoms with van der Waals surface area (Å²) in [6, 6.07) is 12.3. The molecule has 5 rings (SSSR count). The van der Waals surface area contributed by atoms with Gasteiger partial charge in [-0.1, -0.05) is 18.2 Å². The molecule has 0 amide bonds. The zero-order valence-corrected chi connectivity index (χ0v) is 17.1. The van der Waals surface area contributed by atoms with Crippen molar-refractivity contribution in [2.75, 3.05) is 19.9 Å². The molecule has 4 aromatic rings. The first-order valence-corrected chi connectivity index (χ1v) is 12.2. The monoisotopic (exact) mass is 394 g/mol. The van der Waals surface area contributed by atoms with Crippen LogP contribution in [0.3, 0.4) is 0 Å². The average molecular weight is 394 g/mol. The summed E-state index contributed by atoms with van der Waals surface area (Å²) >= 11 is 0. The molecular formula is C21H23N4O2P. The number of hydrogen-bond donors (Lipinski definition) is 1. The van der Waals surface area contributed by atoms with E-state index in [1.54, 1.807) is 0 Å². The SMILES string of the molecule is CCOc1ccc2c3c(C4CC4c4cccc(P(C)(C)=O)c4)n[nH]c3nn2c1. The Morgan fingerprint density at radius 2 is 2.11 bits per heavy atom. The van der Waals surface area contributed by atoms with Gasteiger partial charge in [-0.05, 0) is 56.4 Å². The summed E-state index contributed by atoms with van der Waals surface area (Å²) in [4.78, 5) is 0. The number of H-pyrrole nitrogens is 1. The lowest BCUT2D eigenvalue weighted by Crippen LogP contribution is -2.03. The van der Waals surface area contributed by atoms with Crippen molar-refractivity contribution in [3.05, 3.63) is 53.9 Å². The fourth-order valence-corrected chi connectivity index (χ4v) is 4.91. The lowest BCUT2D eigenvalue weighted by atomic mass is 10.1. The largest absolute Gasteiger partial charge is 0.492 e. The van der Waals surface area contributed by atoms with Gasteiger partial charge in [-0.3, -0.25) is 5.10 Å². The minimum Gasteiger partial charge on any atom is -0.492 e. The molecule has 1 aliphatic carbocycles. The second-order valence-electron chi connectivity index (χ2n) is 7.85. The van der Waals surface area contributed by atoms with Gasteiger partial charge in [0, 0.05) is 11.2 Å². The van der Waals surface area contributed by atoms with Crippen LogP contribution in [0.1, 0.15) is 36.4 Å². The maximum Gasteiger partial charge on any atom is 0.178 e. The van der Waals surface area contributed by atoms with E-state index in [0.717, 1.165) is 39.7 Å². The van der Waals surface area contributed by atoms with Crippen molar-refractivity contribution in [2.24, 2.45) is 0 Å². The van der Waals surface area contributed by atoms with E-state index < -0.39 is 7.14 Å². The summed E-state index contributed by atoms with van der Waals surface area (Å²) in [5.41, 5.74) is 4.15. The molecule has 7 heteroatoms. The normalized spacial score (nSPS) is 19.4. The van der Waals surface area contributed by atoms with Crippen LogP contribution in [-0.4, -0.2) is 39.7 Å². The third-order valence-corrected chi connectivity index (χ3v) is 7.04. The van der Waals surface area contributed by atoms with Gasteiger partial charge in [0.25, 0.3) is 0 Å². The third-order valence-electron chi connectivity index (χ3n) is 5.51. The molecule has 0 radical (unpaired) electrons. The molecular weight excluding hydrogens is 371 g/mol. The average Bonchev–Trinajstić information content (AvgIpc) is 3.22. The molecule has 6 nitrogen and oxygen atoms in total. The molecule has 0 bridgehead atoms. The van der Waals surface area contributed by atoms with Crippen molar-refractivity contribution >= 4 is 29.0 Å². The zero-order chi connectivity index (χ0) is 19.5. The van der Waals surface area contributed by atoms with Crippen LogP contribution in [0, 0.1) is 0 Å². The Kier molecular flexibility index (Phi) is 3.88. The molecule has 0 spiro atoms. The van der Waals surface area contributed by atoms with Crippen LogP contribution in [0.25, 0.3) is 16.6 Å².